The number of fused-ring (bicyclic) bond motifs is 1. The first kappa shape index (κ1) is 24.5. The molecule has 2 atom stereocenters. The van der Waals surface area contributed by atoms with Crippen molar-refractivity contribution in [1.29, 1.82) is 5.26 Å². The highest BCUT2D eigenvalue weighted by molar-refractivity contribution is 6.30. The van der Waals surface area contributed by atoms with Gasteiger partial charge in [-0.05, 0) is 29.8 Å². The summed E-state index contributed by atoms with van der Waals surface area (Å²) >= 11 is 5.83. The maximum atomic E-state index is 14.8. The van der Waals surface area contributed by atoms with E-state index in [1.807, 2.05) is 6.07 Å². The fraction of sp³-hybridized carbons (Fsp3) is 0.304. The van der Waals surface area contributed by atoms with Crippen LogP contribution in [-0.2, 0) is 16.0 Å². The molecule has 12 heteroatoms. The SMILES string of the molecule is N#CCC1COC(COc2c(F)ccc3nc(C(N)=O)n(Cc4ccc(F)c(Cl)c4)c(=O)c23)CO1. The van der Waals surface area contributed by atoms with Gasteiger partial charge in [-0.15, -0.1) is 0 Å². The molecule has 0 radical (unpaired) electrons. The smallest absolute Gasteiger partial charge is 0.284 e. The molecule has 0 bridgehead atoms. The van der Waals surface area contributed by atoms with E-state index in [0.29, 0.717) is 5.56 Å². The lowest BCUT2D eigenvalue weighted by Gasteiger charge is -2.28. The molecule has 182 valence electrons. The first-order valence-corrected chi connectivity index (χ1v) is 10.9. The number of halogens is 3. The molecule has 1 saturated heterocycles. The number of nitrogens with two attached hydrogens (primary N) is 1. The summed E-state index contributed by atoms with van der Waals surface area (Å²) in [6.45, 7) is -0.0652. The van der Waals surface area contributed by atoms with Gasteiger partial charge in [0.1, 0.15) is 23.9 Å². The van der Waals surface area contributed by atoms with Gasteiger partial charge in [-0.1, -0.05) is 17.7 Å². The van der Waals surface area contributed by atoms with E-state index in [2.05, 4.69) is 4.98 Å². The summed E-state index contributed by atoms with van der Waals surface area (Å²) in [5.41, 5.74) is 5.05. The van der Waals surface area contributed by atoms with E-state index in [1.54, 1.807) is 0 Å². The molecule has 0 aliphatic carbocycles. The van der Waals surface area contributed by atoms with E-state index in [4.69, 9.17) is 36.8 Å². The fourth-order valence-electron chi connectivity index (χ4n) is 3.62. The Hall–Kier alpha value is -3.59. The van der Waals surface area contributed by atoms with Crippen molar-refractivity contribution < 1.29 is 27.8 Å². The fourth-order valence-corrected chi connectivity index (χ4v) is 3.83. The third-order valence-electron chi connectivity index (χ3n) is 5.34. The first-order valence-electron chi connectivity index (χ1n) is 10.5. The number of rotatable bonds is 7. The average molecular weight is 505 g/mol. The molecule has 1 aromatic heterocycles. The number of aromatic nitrogens is 2. The van der Waals surface area contributed by atoms with Crippen molar-refractivity contribution in [2.24, 2.45) is 5.73 Å². The van der Waals surface area contributed by atoms with Crippen LogP contribution < -0.4 is 16.0 Å². The highest BCUT2D eigenvalue weighted by Gasteiger charge is 2.25. The van der Waals surface area contributed by atoms with E-state index in [0.717, 1.165) is 16.7 Å². The second kappa shape index (κ2) is 10.4. The molecule has 1 aliphatic heterocycles. The first-order chi connectivity index (χ1) is 16.8. The zero-order valence-corrected chi connectivity index (χ0v) is 18.9. The van der Waals surface area contributed by atoms with Crippen LogP contribution in [0.5, 0.6) is 5.75 Å². The molecule has 0 saturated carbocycles. The summed E-state index contributed by atoms with van der Waals surface area (Å²) < 4.78 is 46.0. The maximum Gasteiger partial charge on any atom is 0.284 e. The predicted octanol–water partition coefficient (Wildman–Crippen LogP) is 2.55. The number of primary amides is 1. The van der Waals surface area contributed by atoms with Crippen molar-refractivity contribution in [1.82, 2.24) is 9.55 Å². The number of carbonyl (C=O) groups excluding carboxylic acids is 1. The summed E-state index contributed by atoms with van der Waals surface area (Å²) in [6.07, 6.45) is -0.728. The van der Waals surface area contributed by atoms with Crippen LogP contribution >= 0.6 is 11.6 Å². The molecule has 2 heterocycles. The molecule has 1 fully saturated rings. The van der Waals surface area contributed by atoms with Crippen molar-refractivity contribution in [3.8, 4) is 11.8 Å². The number of benzene rings is 2. The number of amides is 1. The zero-order valence-electron chi connectivity index (χ0n) is 18.2. The van der Waals surface area contributed by atoms with E-state index in [1.165, 1.54) is 18.2 Å². The predicted molar refractivity (Wildman–Crippen MR) is 120 cm³/mol. The molecule has 4 rings (SSSR count). The summed E-state index contributed by atoms with van der Waals surface area (Å²) in [7, 11) is 0. The van der Waals surface area contributed by atoms with Gasteiger partial charge >= 0.3 is 0 Å². The van der Waals surface area contributed by atoms with Gasteiger partial charge in [0.2, 0.25) is 5.82 Å². The van der Waals surface area contributed by atoms with Crippen molar-refractivity contribution >= 4 is 28.4 Å². The Morgan fingerprint density at radius 1 is 1.23 bits per heavy atom. The minimum absolute atomic E-state index is 0.00323. The third kappa shape index (κ3) is 5.24. The topological polar surface area (TPSA) is 129 Å². The summed E-state index contributed by atoms with van der Waals surface area (Å²) in [5, 5.41) is 8.37. The van der Waals surface area contributed by atoms with Crippen LogP contribution in [0.2, 0.25) is 5.02 Å². The van der Waals surface area contributed by atoms with Crippen LogP contribution in [0.3, 0.4) is 0 Å². The number of ether oxygens (including phenoxy) is 3. The lowest BCUT2D eigenvalue weighted by molar-refractivity contribution is -0.140. The van der Waals surface area contributed by atoms with Crippen LogP contribution in [0, 0.1) is 23.0 Å². The number of hydrogen-bond acceptors (Lipinski definition) is 7. The molecule has 9 nitrogen and oxygen atoms in total. The Labute approximate surface area is 202 Å². The van der Waals surface area contributed by atoms with Crippen LogP contribution in [0.15, 0.2) is 35.1 Å². The number of carbonyl (C=O) groups is 1. The van der Waals surface area contributed by atoms with Gasteiger partial charge in [-0.3, -0.25) is 14.2 Å². The highest BCUT2D eigenvalue weighted by atomic mass is 35.5. The molecular formula is C23H19ClF2N4O5. The number of nitrogens with zero attached hydrogens (tertiary/aromatic N) is 3. The minimum Gasteiger partial charge on any atom is -0.487 e. The van der Waals surface area contributed by atoms with E-state index in [-0.39, 0.29) is 66.4 Å². The second-order valence-corrected chi connectivity index (χ2v) is 8.20. The van der Waals surface area contributed by atoms with Gasteiger partial charge in [0.05, 0.1) is 48.9 Å². The van der Waals surface area contributed by atoms with Crippen LogP contribution in [0.4, 0.5) is 8.78 Å². The Balaban J connectivity index is 1.69. The molecule has 1 aliphatic rings. The number of nitriles is 1. The normalized spacial score (nSPS) is 17.8. The standard InChI is InChI=1S/C23H19ClF2N4O5/c24-15-7-12(1-2-16(15)25)8-30-22(21(28)31)29-18-4-3-17(26)20(19(18)23(30)32)35-11-14-10-33-13(5-6-27)9-34-14/h1-4,7,13-14H,5,8-11H2,(H2,28,31). The zero-order chi connectivity index (χ0) is 25.1. The summed E-state index contributed by atoms with van der Waals surface area (Å²) in [5.74, 6) is -3.19. The van der Waals surface area contributed by atoms with E-state index >= 15 is 0 Å². The quantitative estimate of drug-likeness (QED) is 0.523. The Bertz CT molecular complexity index is 1380. The molecule has 2 unspecified atom stereocenters. The molecule has 2 N–H and O–H groups in total. The molecule has 35 heavy (non-hydrogen) atoms. The molecule has 0 spiro atoms. The lowest BCUT2D eigenvalue weighted by atomic mass is 10.2. The van der Waals surface area contributed by atoms with E-state index in [9.17, 15) is 18.4 Å². The monoisotopic (exact) mass is 504 g/mol. The molecular weight excluding hydrogens is 486 g/mol. The van der Waals surface area contributed by atoms with Crippen molar-refractivity contribution in [2.45, 2.75) is 25.2 Å². The average Bonchev–Trinajstić information content (AvgIpc) is 2.83. The van der Waals surface area contributed by atoms with Crippen molar-refractivity contribution in [3.05, 3.63) is 68.7 Å². The van der Waals surface area contributed by atoms with E-state index < -0.39 is 29.2 Å². The van der Waals surface area contributed by atoms with Gasteiger partial charge in [-0.2, -0.15) is 5.26 Å². The molecule has 1 amide bonds. The molecule has 3 aromatic rings. The maximum absolute atomic E-state index is 14.8. The van der Waals surface area contributed by atoms with Gasteiger partial charge in [0.25, 0.3) is 11.5 Å². The van der Waals surface area contributed by atoms with Gasteiger partial charge in [-0.25, -0.2) is 13.8 Å². The Kier molecular flexibility index (Phi) is 7.25. The second-order valence-electron chi connectivity index (χ2n) is 7.79. The van der Waals surface area contributed by atoms with Gasteiger partial charge < -0.3 is 19.9 Å². The van der Waals surface area contributed by atoms with Gasteiger partial charge in [0, 0.05) is 0 Å². The highest BCUT2D eigenvalue weighted by Crippen LogP contribution is 2.27. The largest absolute Gasteiger partial charge is 0.487 e. The Morgan fingerprint density at radius 2 is 1.94 bits per heavy atom. The lowest BCUT2D eigenvalue weighted by Crippen LogP contribution is -2.39. The van der Waals surface area contributed by atoms with Gasteiger partial charge in [0.15, 0.2) is 11.6 Å². The summed E-state index contributed by atoms with van der Waals surface area (Å²) in [6, 6.07) is 8.07. The minimum atomic E-state index is -0.983. The van der Waals surface area contributed by atoms with Crippen molar-refractivity contribution in [3.63, 3.8) is 0 Å². The van der Waals surface area contributed by atoms with Crippen molar-refractivity contribution in [2.75, 3.05) is 19.8 Å². The van der Waals surface area contributed by atoms with Crippen LogP contribution in [-0.4, -0.2) is 47.5 Å². The number of hydrogen-bond donors (Lipinski definition) is 1. The molecule has 2 aromatic carbocycles. The third-order valence-corrected chi connectivity index (χ3v) is 5.63. The van der Waals surface area contributed by atoms with Crippen LogP contribution in [0.25, 0.3) is 10.9 Å². The Morgan fingerprint density at radius 3 is 2.60 bits per heavy atom. The van der Waals surface area contributed by atoms with Crippen LogP contribution in [0.1, 0.15) is 22.6 Å². The summed E-state index contributed by atoms with van der Waals surface area (Å²) in [4.78, 5) is 29.6.